The quantitative estimate of drug-likeness (QED) is 0.0942. The molecular formula is C43H50IrNO2S2-. The van der Waals surface area contributed by atoms with E-state index in [9.17, 15) is 9.90 Å². The molecule has 1 radical (unpaired) electrons. The van der Waals surface area contributed by atoms with Gasteiger partial charge in [0.05, 0.1) is 0 Å². The van der Waals surface area contributed by atoms with Crippen LogP contribution in [0, 0.1) is 23.8 Å². The Labute approximate surface area is 314 Å². The van der Waals surface area contributed by atoms with Crippen molar-refractivity contribution in [1.82, 2.24) is 4.98 Å². The molecule has 0 spiro atoms. The number of benzene rings is 3. The Kier molecular flexibility index (Phi) is 12.0. The van der Waals surface area contributed by atoms with E-state index in [1.165, 1.54) is 52.8 Å². The second-order valence-electron chi connectivity index (χ2n) is 14.7. The van der Waals surface area contributed by atoms with Crippen molar-refractivity contribution in [1.29, 1.82) is 0 Å². The predicted octanol–water partition coefficient (Wildman–Crippen LogP) is 13.5. The van der Waals surface area contributed by atoms with E-state index in [2.05, 4.69) is 87.7 Å². The van der Waals surface area contributed by atoms with Crippen LogP contribution in [0.25, 0.3) is 52.3 Å². The molecule has 261 valence electrons. The molecule has 0 saturated heterocycles. The summed E-state index contributed by atoms with van der Waals surface area (Å²) in [6, 6.07) is 21.4. The maximum Gasteiger partial charge on any atom is 0.164 e. The summed E-state index contributed by atoms with van der Waals surface area (Å²) in [6.07, 6.45) is 6.71. The number of carbonyl (C=O) groups is 1. The largest absolute Gasteiger partial charge is 0.512 e. The van der Waals surface area contributed by atoms with Crippen molar-refractivity contribution in [2.45, 2.75) is 100 Å². The van der Waals surface area contributed by atoms with Crippen LogP contribution in [-0.2, 0) is 30.3 Å². The molecule has 3 nitrogen and oxygen atoms in total. The molecule has 0 amide bonds. The summed E-state index contributed by atoms with van der Waals surface area (Å²) in [5, 5.41) is 18.8. The van der Waals surface area contributed by atoms with Gasteiger partial charge in [-0.15, -0.1) is 51.8 Å². The number of aliphatic hydroxyl groups excluding tert-OH is 1. The molecular weight excluding hydrogens is 819 g/mol. The smallest absolute Gasteiger partial charge is 0.164 e. The van der Waals surface area contributed by atoms with Gasteiger partial charge in [0, 0.05) is 68.4 Å². The van der Waals surface area contributed by atoms with Gasteiger partial charge in [-0.2, -0.15) is 0 Å². The fourth-order valence-corrected chi connectivity index (χ4v) is 8.47. The van der Waals surface area contributed by atoms with E-state index in [0.717, 1.165) is 42.3 Å². The minimum Gasteiger partial charge on any atom is -0.512 e. The van der Waals surface area contributed by atoms with Gasteiger partial charge in [-0.05, 0) is 77.9 Å². The zero-order valence-electron chi connectivity index (χ0n) is 30.6. The maximum absolute atomic E-state index is 12.2. The summed E-state index contributed by atoms with van der Waals surface area (Å²) in [7, 11) is 0. The summed E-state index contributed by atoms with van der Waals surface area (Å²) < 4.78 is 3.94. The monoisotopic (exact) mass is 869 g/mol. The number of aryl methyl sites for hydroxylation is 1. The second-order valence-corrected chi connectivity index (χ2v) is 16.7. The molecule has 3 aromatic heterocycles. The molecule has 6 aromatic rings. The van der Waals surface area contributed by atoms with E-state index in [4.69, 9.17) is 4.98 Å². The molecule has 0 aliphatic heterocycles. The molecule has 0 unspecified atom stereocenters. The Bertz CT molecular complexity index is 2140. The molecule has 6 rings (SSSR count). The number of thiophene rings is 2. The topological polar surface area (TPSA) is 50.2 Å². The Morgan fingerprint density at radius 3 is 2.12 bits per heavy atom. The number of ketones is 1. The van der Waals surface area contributed by atoms with Gasteiger partial charge in [0.2, 0.25) is 0 Å². The van der Waals surface area contributed by atoms with Crippen LogP contribution in [0.2, 0.25) is 0 Å². The van der Waals surface area contributed by atoms with Crippen LogP contribution in [0.4, 0.5) is 0 Å². The number of allylic oxidation sites excluding steroid dienone is 2. The summed E-state index contributed by atoms with van der Waals surface area (Å²) in [6.45, 7) is 21.1. The first-order valence-electron chi connectivity index (χ1n) is 17.3. The number of carbonyl (C=O) groups excluding carboxylic acids is 1. The minimum absolute atomic E-state index is 0. The number of pyridine rings is 1. The normalized spacial score (nSPS) is 12.7. The summed E-state index contributed by atoms with van der Waals surface area (Å²) in [5.74, 6) is 0.286. The molecule has 1 N–H and O–H groups in total. The average molecular weight is 869 g/mol. The summed E-state index contributed by atoms with van der Waals surface area (Å²) >= 11 is 3.68. The van der Waals surface area contributed by atoms with Gasteiger partial charge in [-0.25, -0.2) is 0 Å². The van der Waals surface area contributed by atoms with Crippen LogP contribution in [0.1, 0.15) is 99.1 Å². The third kappa shape index (κ3) is 7.59. The van der Waals surface area contributed by atoms with Gasteiger partial charge in [-0.3, -0.25) is 9.78 Å². The average Bonchev–Trinajstić information content (AvgIpc) is 3.64. The minimum atomic E-state index is -0.337. The molecule has 3 aromatic carbocycles. The zero-order chi connectivity index (χ0) is 35.0. The van der Waals surface area contributed by atoms with Crippen LogP contribution in [-0.4, -0.2) is 15.9 Å². The molecule has 49 heavy (non-hydrogen) atoms. The van der Waals surface area contributed by atoms with Crippen molar-refractivity contribution >= 4 is 69.5 Å². The maximum atomic E-state index is 12.2. The van der Waals surface area contributed by atoms with Crippen molar-refractivity contribution in [2.75, 3.05) is 0 Å². The number of aliphatic hydroxyl groups is 1. The number of aromatic nitrogens is 1. The Morgan fingerprint density at radius 1 is 0.837 bits per heavy atom. The first-order valence-corrected chi connectivity index (χ1v) is 19.0. The third-order valence-electron chi connectivity index (χ3n) is 10.7. The van der Waals surface area contributed by atoms with Gasteiger partial charge in [0.15, 0.2) is 5.78 Å². The fourth-order valence-electron chi connectivity index (χ4n) is 6.20. The van der Waals surface area contributed by atoms with Crippen LogP contribution >= 0.6 is 22.7 Å². The van der Waals surface area contributed by atoms with Crippen molar-refractivity contribution in [2.24, 2.45) is 10.8 Å². The third-order valence-corrected chi connectivity index (χ3v) is 13.0. The van der Waals surface area contributed by atoms with Crippen LogP contribution in [0.3, 0.4) is 0 Å². The van der Waals surface area contributed by atoms with E-state index in [0.29, 0.717) is 0 Å². The van der Waals surface area contributed by atoms with E-state index in [-0.39, 0.29) is 47.9 Å². The van der Waals surface area contributed by atoms with Crippen molar-refractivity contribution < 1.29 is 30.0 Å². The first-order chi connectivity index (χ1) is 22.7. The van der Waals surface area contributed by atoms with E-state index < -0.39 is 0 Å². The van der Waals surface area contributed by atoms with Gasteiger partial charge < -0.3 is 5.11 Å². The van der Waals surface area contributed by atoms with Gasteiger partial charge in [0.25, 0.3) is 0 Å². The Morgan fingerprint density at radius 2 is 1.49 bits per heavy atom. The standard InChI is InChI=1S/C28H22NS2.C15H28O2.Ir/c1-16-15-30-24-14-25-22(13-21(16)24)20-9-10-29-26(27(20)31-25)18-11-17-7-5-6-8-19(17)23(12-18)28(2,3)4;1-7-14(5,8-2)12(16)11-13(17)15(6,9-3)10-4;/h5-10,12-15H,1-4H3;11,16H,7-10H2,1-6H3;/q-1;;/b;12-11-;. The summed E-state index contributed by atoms with van der Waals surface area (Å²) in [5.41, 5.74) is 4.25. The van der Waals surface area contributed by atoms with Crippen molar-refractivity contribution in [3.63, 3.8) is 0 Å². The Balaban J connectivity index is 0.000000260. The molecule has 0 aliphatic carbocycles. The van der Waals surface area contributed by atoms with Crippen LogP contribution in [0.5, 0.6) is 0 Å². The first kappa shape index (κ1) is 38.9. The number of hydrogen-bond acceptors (Lipinski definition) is 5. The van der Waals surface area contributed by atoms with Crippen LogP contribution < -0.4 is 0 Å². The molecule has 6 heteroatoms. The van der Waals surface area contributed by atoms with E-state index in [1.807, 2.05) is 70.4 Å². The van der Waals surface area contributed by atoms with Gasteiger partial charge >= 0.3 is 0 Å². The van der Waals surface area contributed by atoms with Crippen LogP contribution in [0.15, 0.2) is 71.9 Å². The molecule has 0 bridgehead atoms. The van der Waals surface area contributed by atoms with E-state index >= 15 is 0 Å². The van der Waals surface area contributed by atoms with Crippen molar-refractivity contribution in [3.8, 4) is 11.3 Å². The fraction of sp³-hybridized carbons (Fsp3) is 0.395. The number of hydrogen-bond donors (Lipinski definition) is 1. The predicted molar refractivity (Wildman–Crippen MR) is 211 cm³/mol. The van der Waals surface area contributed by atoms with Crippen molar-refractivity contribution in [3.05, 3.63) is 89.1 Å². The molecule has 0 atom stereocenters. The second kappa shape index (κ2) is 15.2. The molecule has 0 fully saturated rings. The SMILES string of the molecule is CCC(C)(CC)C(=O)/C=C(\O)C(C)(CC)CC.Cc1csc2cc3sc4c(-c5[c-]c6ccccc6c(C(C)(C)C)c5)nccc4c3cc12.[Ir]. The van der Waals surface area contributed by atoms with E-state index in [1.54, 1.807) is 0 Å². The number of fused-ring (bicyclic) bond motifs is 5. The zero-order valence-corrected chi connectivity index (χ0v) is 34.7. The molecule has 0 aliphatic rings. The number of rotatable bonds is 8. The van der Waals surface area contributed by atoms with Gasteiger partial charge in [0.1, 0.15) is 5.76 Å². The number of nitrogens with zero attached hydrogens (tertiary/aromatic N) is 1. The van der Waals surface area contributed by atoms with Gasteiger partial charge in [-0.1, -0.05) is 91.5 Å². The molecule has 3 heterocycles. The Hall–Kier alpha value is -2.89. The molecule has 0 saturated carbocycles. The summed E-state index contributed by atoms with van der Waals surface area (Å²) in [4.78, 5) is 17.0.